The van der Waals surface area contributed by atoms with Crippen molar-refractivity contribution in [3.63, 3.8) is 0 Å². The molecule has 5 heteroatoms. The summed E-state index contributed by atoms with van der Waals surface area (Å²) < 4.78 is 5.29. The summed E-state index contributed by atoms with van der Waals surface area (Å²) >= 11 is 0. The van der Waals surface area contributed by atoms with E-state index in [1.54, 1.807) is 32.1 Å². The number of allylic oxidation sites excluding steroid dienone is 2. The van der Waals surface area contributed by atoms with E-state index in [1.165, 1.54) is 0 Å². The zero-order valence-electron chi connectivity index (χ0n) is 9.84. The molecule has 0 N–H and O–H groups in total. The first kappa shape index (κ1) is 13.1. The molecule has 0 fully saturated rings. The molecule has 1 unspecified atom stereocenters. The first-order valence-electron chi connectivity index (χ1n) is 5.28. The Labute approximate surface area is 99.4 Å². The molecule has 0 saturated carbocycles. The Morgan fingerprint density at radius 3 is 2.94 bits per heavy atom. The van der Waals surface area contributed by atoms with Crippen molar-refractivity contribution in [1.29, 1.82) is 0 Å². The number of ether oxygens (including phenoxy) is 1. The lowest BCUT2D eigenvalue weighted by atomic mass is 9.87. The summed E-state index contributed by atoms with van der Waals surface area (Å²) in [6.45, 7) is 3.43. The van der Waals surface area contributed by atoms with E-state index in [4.69, 9.17) is 10.3 Å². The largest absolute Gasteiger partial charge is 0.442 e. The Kier molecular flexibility index (Phi) is 4.12. The van der Waals surface area contributed by atoms with Gasteiger partial charge in [0, 0.05) is 12.5 Å². The van der Waals surface area contributed by atoms with Gasteiger partial charge in [0.1, 0.15) is 6.29 Å². The Morgan fingerprint density at radius 1 is 1.65 bits per heavy atom. The van der Waals surface area contributed by atoms with Gasteiger partial charge in [-0.3, -0.25) is 4.79 Å². The van der Waals surface area contributed by atoms with Crippen molar-refractivity contribution >= 4 is 18.0 Å². The molecule has 1 atom stereocenters. The fourth-order valence-corrected chi connectivity index (χ4v) is 1.52. The molecule has 0 aromatic heterocycles. The van der Waals surface area contributed by atoms with Gasteiger partial charge in [0.15, 0.2) is 0 Å². The number of carbonyl (C=O) groups excluding carboxylic acids is 2. The van der Waals surface area contributed by atoms with Gasteiger partial charge in [-0.05, 0) is 19.4 Å². The minimum absolute atomic E-state index is 0.0226. The Balaban J connectivity index is 2.89. The summed E-state index contributed by atoms with van der Waals surface area (Å²) in [5.41, 5.74) is 8.85. The Hall–Kier alpha value is -2.00. The first-order valence-corrected chi connectivity index (χ1v) is 5.28. The number of aldehydes is 1. The molecule has 1 aliphatic rings. The summed E-state index contributed by atoms with van der Waals surface area (Å²) in [5, 5.41) is 0. The maximum atomic E-state index is 11.5. The quantitative estimate of drug-likeness (QED) is 0.319. The zero-order valence-corrected chi connectivity index (χ0v) is 9.84. The smallest absolute Gasteiger partial charge is 0.339 e. The summed E-state index contributed by atoms with van der Waals surface area (Å²) in [6.07, 6.45) is 5.87. The third-order valence-electron chi connectivity index (χ3n) is 2.73. The highest BCUT2D eigenvalue weighted by atomic mass is 16.6. The van der Waals surface area contributed by atoms with E-state index in [1.807, 2.05) is 0 Å². The molecule has 1 aliphatic carbocycles. The second kappa shape index (κ2) is 5.37. The van der Waals surface area contributed by atoms with E-state index in [-0.39, 0.29) is 18.6 Å². The molecule has 1 rings (SSSR count). The average Bonchev–Trinajstić information content (AvgIpc) is 2.30. The summed E-state index contributed by atoms with van der Waals surface area (Å²) in [7, 11) is 0. The maximum Gasteiger partial charge on any atom is 0.339 e. The van der Waals surface area contributed by atoms with Crippen LogP contribution in [0.2, 0.25) is 0 Å². The van der Waals surface area contributed by atoms with Gasteiger partial charge in [-0.25, -0.2) is 0 Å². The lowest BCUT2D eigenvalue weighted by Crippen LogP contribution is -2.42. The SMILES string of the molecule is CC1=CC=CC(=[N+]=[N-])C1(C)OC(=O)CCC=O. The zero-order chi connectivity index (χ0) is 12.9. The van der Waals surface area contributed by atoms with Crippen LogP contribution in [0, 0.1) is 0 Å². The molecular formula is C12H14N2O3. The Morgan fingerprint density at radius 2 is 2.35 bits per heavy atom. The van der Waals surface area contributed by atoms with Crippen LogP contribution in [0.5, 0.6) is 0 Å². The number of rotatable bonds is 4. The standard InChI is InChI=1S/C12H14N2O3/c1-9-5-3-6-10(14-13)12(9,2)17-11(16)7-4-8-15/h3,5-6,8H,4,7H2,1-2H3. The number of hydrogen-bond donors (Lipinski definition) is 0. The van der Waals surface area contributed by atoms with Crippen LogP contribution in [-0.4, -0.2) is 28.4 Å². The van der Waals surface area contributed by atoms with Gasteiger partial charge >= 0.3 is 11.7 Å². The van der Waals surface area contributed by atoms with Crippen LogP contribution in [0.25, 0.3) is 5.53 Å². The van der Waals surface area contributed by atoms with Gasteiger partial charge in [0.25, 0.3) is 0 Å². The van der Waals surface area contributed by atoms with Crippen LogP contribution in [0.1, 0.15) is 26.7 Å². The van der Waals surface area contributed by atoms with Crippen molar-refractivity contribution in [2.45, 2.75) is 32.3 Å². The average molecular weight is 234 g/mol. The number of nitrogens with zero attached hydrogens (tertiary/aromatic N) is 2. The van der Waals surface area contributed by atoms with E-state index in [9.17, 15) is 9.59 Å². The molecule has 0 amide bonds. The van der Waals surface area contributed by atoms with E-state index in [0.29, 0.717) is 6.29 Å². The monoisotopic (exact) mass is 234 g/mol. The lowest BCUT2D eigenvalue weighted by molar-refractivity contribution is -0.153. The van der Waals surface area contributed by atoms with E-state index in [0.717, 1.165) is 5.57 Å². The van der Waals surface area contributed by atoms with Crippen LogP contribution in [0.4, 0.5) is 0 Å². The van der Waals surface area contributed by atoms with E-state index < -0.39 is 11.6 Å². The molecule has 17 heavy (non-hydrogen) atoms. The van der Waals surface area contributed by atoms with Gasteiger partial charge in [-0.1, -0.05) is 12.2 Å². The normalized spacial score (nSPS) is 22.7. The molecule has 0 aliphatic heterocycles. The van der Waals surface area contributed by atoms with Gasteiger partial charge in [0.05, 0.1) is 6.42 Å². The van der Waals surface area contributed by atoms with Crippen LogP contribution in [-0.2, 0) is 14.3 Å². The van der Waals surface area contributed by atoms with Crippen molar-refractivity contribution in [2.24, 2.45) is 0 Å². The molecule has 5 nitrogen and oxygen atoms in total. The maximum absolute atomic E-state index is 11.5. The molecule has 0 heterocycles. The summed E-state index contributed by atoms with van der Waals surface area (Å²) in [6, 6.07) is 0. The van der Waals surface area contributed by atoms with Crippen molar-refractivity contribution < 1.29 is 19.1 Å². The predicted octanol–water partition coefficient (Wildman–Crippen LogP) is 1.45. The van der Waals surface area contributed by atoms with Crippen molar-refractivity contribution in [1.82, 2.24) is 0 Å². The number of carbonyl (C=O) groups is 2. The van der Waals surface area contributed by atoms with E-state index in [2.05, 4.69) is 4.79 Å². The topological polar surface area (TPSA) is 79.8 Å². The molecule has 0 aromatic carbocycles. The molecule has 0 radical (unpaired) electrons. The number of hydrogen-bond acceptors (Lipinski definition) is 3. The molecule has 0 spiro atoms. The highest BCUT2D eigenvalue weighted by Crippen LogP contribution is 2.26. The predicted molar refractivity (Wildman–Crippen MR) is 61.3 cm³/mol. The molecule has 90 valence electrons. The minimum atomic E-state index is -1.07. The van der Waals surface area contributed by atoms with Crippen molar-refractivity contribution in [3.05, 3.63) is 29.3 Å². The molecule has 0 saturated heterocycles. The molecule has 0 bridgehead atoms. The molecular weight excluding hydrogens is 220 g/mol. The van der Waals surface area contributed by atoms with Crippen molar-refractivity contribution in [3.8, 4) is 0 Å². The lowest BCUT2D eigenvalue weighted by Gasteiger charge is -2.26. The fourth-order valence-electron chi connectivity index (χ4n) is 1.52. The minimum Gasteiger partial charge on any atom is -0.442 e. The van der Waals surface area contributed by atoms with Gasteiger partial charge in [0.2, 0.25) is 5.60 Å². The van der Waals surface area contributed by atoms with Crippen LogP contribution < -0.4 is 0 Å². The van der Waals surface area contributed by atoms with Crippen molar-refractivity contribution in [2.75, 3.05) is 0 Å². The third kappa shape index (κ3) is 2.77. The second-order valence-electron chi connectivity index (χ2n) is 3.91. The van der Waals surface area contributed by atoms with Gasteiger partial charge in [-0.15, -0.1) is 0 Å². The molecule has 0 aromatic rings. The fraction of sp³-hybridized carbons (Fsp3) is 0.417. The highest BCUT2D eigenvalue weighted by Gasteiger charge is 2.43. The third-order valence-corrected chi connectivity index (χ3v) is 2.73. The first-order chi connectivity index (χ1) is 8.04. The van der Waals surface area contributed by atoms with Crippen LogP contribution >= 0.6 is 0 Å². The van der Waals surface area contributed by atoms with Crippen LogP contribution in [0.15, 0.2) is 23.8 Å². The summed E-state index contributed by atoms with van der Waals surface area (Å²) in [4.78, 5) is 24.8. The Bertz CT molecular complexity index is 445. The summed E-state index contributed by atoms with van der Waals surface area (Å²) in [5.74, 6) is -0.496. The van der Waals surface area contributed by atoms with E-state index >= 15 is 0 Å². The highest BCUT2D eigenvalue weighted by molar-refractivity contribution is 6.02. The van der Waals surface area contributed by atoms with Gasteiger partial charge < -0.3 is 15.1 Å². The van der Waals surface area contributed by atoms with Crippen LogP contribution in [0.3, 0.4) is 0 Å². The second-order valence-corrected chi connectivity index (χ2v) is 3.91. The number of esters is 1. The van der Waals surface area contributed by atoms with Gasteiger partial charge in [-0.2, -0.15) is 4.79 Å².